The van der Waals surface area contributed by atoms with Gasteiger partial charge in [-0.3, -0.25) is 9.88 Å². The Hall–Kier alpha value is -3.00. The number of hydrogen-bond donors (Lipinski definition) is 1. The zero-order valence-corrected chi connectivity index (χ0v) is 17.8. The van der Waals surface area contributed by atoms with Crippen LogP contribution >= 0.6 is 11.8 Å². The van der Waals surface area contributed by atoms with Gasteiger partial charge in [0.25, 0.3) is 0 Å². The maximum Gasteiger partial charge on any atom is 0.417 e. The lowest BCUT2D eigenvalue weighted by Gasteiger charge is -2.21. The van der Waals surface area contributed by atoms with Crippen LogP contribution in [0.5, 0.6) is 0 Å². The normalized spacial score (nSPS) is 13.3. The highest BCUT2D eigenvalue weighted by molar-refractivity contribution is 7.98. The molecule has 1 aromatic heterocycles. The van der Waals surface area contributed by atoms with Crippen LogP contribution < -0.4 is 10.2 Å². The average Bonchev–Trinajstić information content (AvgIpc) is 3.17. The Balaban J connectivity index is 1.62. The third kappa shape index (κ3) is 4.25. The standard InChI is InChI=1S/C23H20F3N3OS/c1-14-5-6-17(11-18(14)16-4-3-8-27-13-16)28-22(30)29-9-7-15-10-21(31-2)19(12-20(15)29)23(24,25)26/h3-6,8,10-13H,7,9H2,1-2H3,(H,28,30). The second-order valence-corrected chi connectivity index (χ2v) is 8.13. The van der Waals surface area contributed by atoms with E-state index in [0.717, 1.165) is 40.1 Å². The Morgan fingerprint density at radius 3 is 2.68 bits per heavy atom. The van der Waals surface area contributed by atoms with Gasteiger partial charge in [-0.2, -0.15) is 13.2 Å². The van der Waals surface area contributed by atoms with Crippen LogP contribution in [0.4, 0.5) is 29.3 Å². The fourth-order valence-electron chi connectivity index (χ4n) is 3.74. The second kappa shape index (κ2) is 8.26. The van der Waals surface area contributed by atoms with Gasteiger partial charge < -0.3 is 5.32 Å². The number of fused-ring (bicyclic) bond motifs is 1. The number of thioether (sulfide) groups is 1. The van der Waals surface area contributed by atoms with Crippen LogP contribution in [0.2, 0.25) is 0 Å². The number of benzene rings is 2. The van der Waals surface area contributed by atoms with E-state index < -0.39 is 17.8 Å². The summed E-state index contributed by atoms with van der Waals surface area (Å²) in [5.41, 5.74) is 3.78. The first-order valence-corrected chi connectivity index (χ1v) is 10.9. The fraction of sp³-hybridized carbons (Fsp3) is 0.217. The minimum Gasteiger partial charge on any atom is -0.308 e. The van der Waals surface area contributed by atoms with Crippen molar-refractivity contribution in [1.82, 2.24) is 4.98 Å². The summed E-state index contributed by atoms with van der Waals surface area (Å²) in [5.74, 6) is 0. The third-order valence-electron chi connectivity index (χ3n) is 5.31. The quantitative estimate of drug-likeness (QED) is 0.477. The molecule has 0 unspecified atom stereocenters. The molecule has 0 spiro atoms. The number of amides is 2. The van der Waals surface area contributed by atoms with Crippen molar-refractivity contribution in [3.63, 3.8) is 0 Å². The topological polar surface area (TPSA) is 45.2 Å². The molecular weight excluding hydrogens is 423 g/mol. The van der Waals surface area contributed by atoms with Crippen LogP contribution in [0.25, 0.3) is 11.1 Å². The molecule has 2 heterocycles. The molecule has 3 aromatic rings. The van der Waals surface area contributed by atoms with E-state index in [-0.39, 0.29) is 4.90 Å². The number of rotatable bonds is 3. The average molecular weight is 443 g/mol. The number of hydrogen-bond acceptors (Lipinski definition) is 3. The van der Waals surface area contributed by atoms with E-state index in [4.69, 9.17) is 0 Å². The van der Waals surface area contributed by atoms with Gasteiger partial charge in [-0.05, 0) is 66.6 Å². The van der Waals surface area contributed by atoms with Gasteiger partial charge in [-0.1, -0.05) is 12.1 Å². The van der Waals surface area contributed by atoms with Gasteiger partial charge in [-0.15, -0.1) is 11.8 Å². The number of nitrogens with zero attached hydrogens (tertiary/aromatic N) is 2. The number of halogens is 3. The SMILES string of the molecule is CSc1cc2c(cc1C(F)(F)F)N(C(=O)Nc1ccc(C)c(-c3cccnc3)c1)CC2. The highest BCUT2D eigenvalue weighted by Gasteiger charge is 2.36. The van der Waals surface area contributed by atoms with Crippen molar-refractivity contribution in [2.45, 2.75) is 24.4 Å². The molecule has 0 radical (unpaired) electrons. The van der Waals surface area contributed by atoms with Crippen molar-refractivity contribution in [1.29, 1.82) is 0 Å². The molecule has 0 atom stereocenters. The highest BCUT2D eigenvalue weighted by atomic mass is 32.2. The van der Waals surface area contributed by atoms with Crippen molar-refractivity contribution in [2.75, 3.05) is 23.0 Å². The van der Waals surface area contributed by atoms with E-state index in [1.807, 2.05) is 31.2 Å². The van der Waals surface area contributed by atoms with Crippen LogP contribution in [0.15, 0.2) is 59.8 Å². The molecule has 4 rings (SSSR count). The van der Waals surface area contributed by atoms with Gasteiger partial charge in [0.2, 0.25) is 0 Å². The molecule has 2 aromatic carbocycles. The molecule has 2 amide bonds. The number of pyridine rings is 1. The minimum absolute atomic E-state index is 0.174. The Morgan fingerprint density at radius 2 is 2.00 bits per heavy atom. The Bertz CT molecular complexity index is 1130. The number of urea groups is 1. The van der Waals surface area contributed by atoms with E-state index in [2.05, 4.69) is 10.3 Å². The number of nitrogens with one attached hydrogen (secondary N) is 1. The maximum atomic E-state index is 13.5. The molecule has 1 aliphatic rings. The summed E-state index contributed by atoms with van der Waals surface area (Å²) in [7, 11) is 0. The minimum atomic E-state index is -4.48. The van der Waals surface area contributed by atoms with Crippen molar-refractivity contribution in [2.24, 2.45) is 0 Å². The number of anilines is 2. The zero-order valence-electron chi connectivity index (χ0n) is 17.0. The van der Waals surface area contributed by atoms with Crippen molar-refractivity contribution in [3.8, 4) is 11.1 Å². The molecule has 31 heavy (non-hydrogen) atoms. The van der Waals surface area contributed by atoms with Gasteiger partial charge in [0.1, 0.15) is 0 Å². The van der Waals surface area contributed by atoms with E-state index in [0.29, 0.717) is 24.3 Å². The highest BCUT2D eigenvalue weighted by Crippen LogP contribution is 2.42. The van der Waals surface area contributed by atoms with Gasteiger partial charge >= 0.3 is 12.2 Å². The van der Waals surface area contributed by atoms with Crippen LogP contribution in [-0.4, -0.2) is 23.8 Å². The number of alkyl halides is 3. The molecule has 1 aliphatic heterocycles. The summed E-state index contributed by atoms with van der Waals surface area (Å²) in [6.07, 6.45) is 1.09. The molecule has 0 bridgehead atoms. The van der Waals surface area contributed by atoms with Crippen molar-refractivity contribution < 1.29 is 18.0 Å². The lowest BCUT2D eigenvalue weighted by molar-refractivity contribution is -0.139. The molecule has 0 fully saturated rings. The molecular formula is C23H20F3N3OS. The van der Waals surface area contributed by atoms with Gasteiger partial charge in [0.05, 0.1) is 5.56 Å². The van der Waals surface area contributed by atoms with Crippen LogP contribution in [0, 0.1) is 6.92 Å². The van der Waals surface area contributed by atoms with Crippen molar-refractivity contribution >= 4 is 29.2 Å². The van der Waals surface area contributed by atoms with E-state index in [9.17, 15) is 18.0 Å². The van der Waals surface area contributed by atoms with Crippen LogP contribution in [0.3, 0.4) is 0 Å². The lowest BCUT2D eigenvalue weighted by atomic mass is 10.0. The fourth-order valence-corrected chi connectivity index (χ4v) is 4.39. The molecule has 0 saturated heterocycles. The largest absolute Gasteiger partial charge is 0.417 e. The van der Waals surface area contributed by atoms with Gasteiger partial charge in [0.15, 0.2) is 0 Å². The van der Waals surface area contributed by atoms with Crippen LogP contribution in [-0.2, 0) is 12.6 Å². The first-order valence-electron chi connectivity index (χ1n) is 9.65. The zero-order chi connectivity index (χ0) is 22.2. The van der Waals surface area contributed by atoms with E-state index in [1.165, 1.54) is 4.90 Å². The molecule has 4 nitrogen and oxygen atoms in total. The first-order chi connectivity index (χ1) is 14.8. The molecule has 1 N–H and O–H groups in total. The lowest BCUT2D eigenvalue weighted by Crippen LogP contribution is -2.33. The summed E-state index contributed by atoms with van der Waals surface area (Å²) in [5, 5.41) is 2.83. The smallest absolute Gasteiger partial charge is 0.308 e. The number of carbonyl (C=O) groups is 1. The van der Waals surface area contributed by atoms with E-state index in [1.54, 1.807) is 30.8 Å². The molecule has 0 aliphatic carbocycles. The molecule has 8 heteroatoms. The Morgan fingerprint density at radius 1 is 1.19 bits per heavy atom. The maximum absolute atomic E-state index is 13.5. The van der Waals surface area contributed by atoms with Gasteiger partial charge in [-0.25, -0.2) is 4.79 Å². The molecule has 0 saturated carbocycles. The first kappa shape index (κ1) is 21.2. The summed E-state index contributed by atoms with van der Waals surface area (Å²) in [6, 6.07) is 11.5. The summed E-state index contributed by atoms with van der Waals surface area (Å²) in [6.45, 7) is 2.30. The predicted molar refractivity (Wildman–Crippen MR) is 118 cm³/mol. The second-order valence-electron chi connectivity index (χ2n) is 7.28. The summed E-state index contributed by atoms with van der Waals surface area (Å²) >= 11 is 1.06. The Labute approximate surface area is 182 Å². The number of carbonyl (C=O) groups excluding carboxylic acids is 1. The Kier molecular flexibility index (Phi) is 5.66. The predicted octanol–water partition coefficient (Wildman–Crippen LogP) is 6.39. The van der Waals surface area contributed by atoms with Gasteiger partial charge in [0, 0.05) is 40.8 Å². The number of aryl methyl sites for hydroxylation is 1. The third-order valence-corrected chi connectivity index (χ3v) is 6.09. The summed E-state index contributed by atoms with van der Waals surface area (Å²) < 4.78 is 40.5. The number of aromatic nitrogens is 1. The van der Waals surface area contributed by atoms with E-state index >= 15 is 0 Å². The van der Waals surface area contributed by atoms with Crippen LogP contribution in [0.1, 0.15) is 16.7 Å². The summed E-state index contributed by atoms with van der Waals surface area (Å²) in [4.78, 5) is 18.6. The van der Waals surface area contributed by atoms with Crippen molar-refractivity contribution in [3.05, 3.63) is 71.5 Å². The molecule has 160 valence electrons. The monoisotopic (exact) mass is 443 g/mol.